The lowest BCUT2D eigenvalue weighted by Gasteiger charge is -2.35. The quantitative estimate of drug-likeness (QED) is 0.615. The molecular formula is C11H21NO. The molecule has 2 fully saturated rings. The molecule has 2 aliphatic heterocycles. The van der Waals surface area contributed by atoms with Crippen LogP contribution in [0.4, 0.5) is 0 Å². The Morgan fingerprint density at radius 2 is 1.85 bits per heavy atom. The maximum Gasteiger partial charge on any atom is 0.0635 e. The Kier molecular flexibility index (Phi) is 2.37. The zero-order chi connectivity index (χ0) is 9.47. The van der Waals surface area contributed by atoms with Crippen molar-refractivity contribution >= 4 is 0 Å². The van der Waals surface area contributed by atoms with Gasteiger partial charge in [-0.05, 0) is 46.1 Å². The van der Waals surface area contributed by atoms with Crippen LogP contribution in [0, 0.1) is 5.92 Å². The molecule has 3 unspecified atom stereocenters. The third-order valence-corrected chi connectivity index (χ3v) is 3.07. The molecule has 0 N–H and O–H groups in total. The predicted octanol–water partition coefficient (Wildman–Crippen LogP) is 1.90. The molecule has 0 aromatic heterocycles. The molecular weight excluding hydrogens is 162 g/mol. The van der Waals surface area contributed by atoms with Crippen LogP contribution < -0.4 is 0 Å². The average molecular weight is 183 g/mol. The highest BCUT2D eigenvalue weighted by atomic mass is 16.5. The van der Waals surface area contributed by atoms with Crippen LogP contribution in [0.15, 0.2) is 0 Å². The van der Waals surface area contributed by atoms with E-state index in [-0.39, 0.29) is 5.60 Å². The van der Waals surface area contributed by atoms with Gasteiger partial charge < -0.3 is 9.64 Å². The summed E-state index contributed by atoms with van der Waals surface area (Å²) < 4.78 is 6.08. The predicted molar refractivity (Wildman–Crippen MR) is 53.8 cm³/mol. The summed E-state index contributed by atoms with van der Waals surface area (Å²) in [6.07, 6.45) is 3.11. The molecule has 0 aliphatic carbocycles. The van der Waals surface area contributed by atoms with E-state index >= 15 is 0 Å². The molecule has 76 valence electrons. The molecule has 2 nitrogen and oxygen atoms in total. The molecule has 13 heavy (non-hydrogen) atoms. The standard InChI is InChI=1S/C11H21NO/c1-11(2,3)13-10-5-7-12-6-4-9(10)8-12/h9-10H,4-8H2,1-3H3. The minimum atomic E-state index is 0.0371. The van der Waals surface area contributed by atoms with Crippen molar-refractivity contribution < 1.29 is 4.74 Å². The number of hydrogen-bond acceptors (Lipinski definition) is 2. The number of ether oxygens (including phenoxy) is 1. The molecule has 2 aliphatic rings. The maximum atomic E-state index is 6.08. The maximum absolute atomic E-state index is 6.08. The Labute approximate surface area is 81.3 Å². The summed E-state index contributed by atoms with van der Waals surface area (Å²) in [7, 11) is 0. The number of fused-ring (bicyclic) bond motifs is 2. The highest BCUT2D eigenvalue weighted by Gasteiger charge is 2.36. The van der Waals surface area contributed by atoms with Crippen LogP contribution in [-0.2, 0) is 4.74 Å². The Bertz CT molecular complexity index is 185. The van der Waals surface area contributed by atoms with Crippen LogP contribution >= 0.6 is 0 Å². The van der Waals surface area contributed by atoms with E-state index in [1.807, 2.05) is 0 Å². The van der Waals surface area contributed by atoms with E-state index in [0.717, 1.165) is 5.92 Å². The van der Waals surface area contributed by atoms with Crippen LogP contribution in [0.1, 0.15) is 33.6 Å². The SMILES string of the molecule is CC(C)(C)OC1CCN2CCC1C2. The monoisotopic (exact) mass is 183 g/mol. The molecule has 2 bridgehead atoms. The zero-order valence-electron chi connectivity index (χ0n) is 9.05. The van der Waals surface area contributed by atoms with Crippen LogP contribution in [0.3, 0.4) is 0 Å². The summed E-state index contributed by atoms with van der Waals surface area (Å²) in [6.45, 7) is 10.3. The van der Waals surface area contributed by atoms with E-state index in [1.165, 1.54) is 32.5 Å². The van der Waals surface area contributed by atoms with E-state index in [1.54, 1.807) is 0 Å². The topological polar surface area (TPSA) is 12.5 Å². The van der Waals surface area contributed by atoms with Gasteiger partial charge in [0.05, 0.1) is 11.7 Å². The highest BCUT2D eigenvalue weighted by Crippen LogP contribution is 2.31. The van der Waals surface area contributed by atoms with Gasteiger partial charge in [0.15, 0.2) is 0 Å². The van der Waals surface area contributed by atoms with Crippen LogP contribution in [0.2, 0.25) is 0 Å². The minimum absolute atomic E-state index is 0.0371. The Balaban J connectivity index is 1.93. The van der Waals surface area contributed by atoms with Gasteiger partial charge in [-0.3, -0.25) is 0 Å². The van der Waals surface area contributed by atoms with Gasteiger partial charge in [0, 0.05) is 13.1 Å². The lowest BCUT2D eigenvalue weighted by atomic mass is 9.96. The van der Waals surface area contributed by atoms with Crippen molar-refractivity contribution in [3.63, 3.8) is 0 Å². The van der Waals surface area contributed by atoms with Gasteiger partial charge in [-0.1, -0.05) is 0 Å². The number of hydrogen-bond donors (Lipinski definition) is 0. The lowest BCUT2D eigenvalue weighted by Crippen LogP contribution is -2.40. The van der Waals surface area contributed by atoms with Crippen molar-refractivity contribution in [2.45, 2.75) is 45.3 Å². The van der Waals surface area contributed by atoms with Crippen molar-refractivity contribution in [1.29, 1.82) is 0 Å². The molecule has 2 saturated heterocycles. The first-order valence-electron chi connectivity index (χ1n) is 5.45. The summed E-state index contributed by atoms with van der Waals surface area (Å²) in [5, 5.41) is 0. The number of rotatable bonds is 1. The Morgan fingerprint density at radius 3 is 2.54 bits per heavy atom. The molecule has 2 heterocycles. The lowest BCUT2D eigenvalue weighted by molar-refractivity contribution is -0.0955. The molecule has 0 aromatic rings. The van der Waals surface area contributed by atoms with E-state index < -0.39 is 0 Å². The molecule has 0 spiro atoms. The summed E-state index contributed by atoms with van der Waals surface area (Å²) in [5.74, 6) is 0.813. The van der Waals surface area contributed by atoms with Crippen LogP contribution in [0.5, 0.6) is 0 Å². The van der Waals surface area contributed by atoms with Gasteiger partial charge in [0.1, 0.15) is 0 Å². The molecule has 2 heteroatoms. The van der Waals surface area contributed by atoms with E-state index in [2.05, 4.69) is 25.7 Å². The van der Waals surface area contributed by atoms with Crippen molar-refractivity contribution in [1.82, 2.24) is 4.90 Å². The normalized spacial score (nSPS) is 39.5. The summed E-state index contributed by atoms with van der Waals surface area (Å²) in [4.78, 5) is 2.56. The molecule has 0 amide bonds. The first-order valence-corrected chi connectivity index (χ1v) is 5.45. The van der Waals surface area contributed by atoms with Crippen molar-refractivity contribution in [3.8, 4) is 0 Å². The van der Waals surface area contributed by atoms with Crippen LogP contribution in [0.25, 0.3) is 0 Å². The van der Waals surface area contributed by atoms with E-state index in [0.29, 0.717) is 6.10 Å². The summed E-state index contributed by atoms with van der Waals surface area (Å²) >= 11 is 0. The average Bonchev–Trinajstić information content (AvgIpc) is 2.37. The minimum Gasteiger partial charge on any atom is -0.372 e. The molecule has 0 saturated carbocycles. The fourth-order valence-electron chi connectivity index (χ4n) is 2.52. The van der Waals surface area contributed by atoms with Gasteiger partial charge >= 0.3 is 0 Å². The van der Waals surface area contributed by atoms with Gasteiger partial charge in [-0.2, -0.15) is 0 Å². The fraction of sp³-hybridized carbons (Fsp3) is 1.00. The third kappa shape index (κ3) is 2.23. The largest absolute Gasteiger partial charge is 0.372 e. The summed E-state index contributed by atoms with van der Waals surface area (Å²) in [6, 6.07) is 0. The van der Waals surface area contributed by atoms with Gasteiger partial charge in [-0.25, -0.2) is 0 Å². The molecule has 2 rings (SSSR count). The molecule has 3 atom stereocenters. The second-order valence-corrected chi connectivity index (χ2v) is 5.41. The number of piperidine rings is 1. The number of nitrogens with zero attached hydrogens (tertiary/aromatic N) is 1. The molecule has 0 aromatic carbocycles. The van der Waals surface area contributed by atoms with E-state index in [4.69, 9.17) is 4.74 Å². The first-order chi connectivity index (χ1) is 6.04. The van der Waals surface area contributed by atoms with Crippen molar-refractivity contribution in [3.05, 3.63) is 0 Å². The smallest absolute Gasteiger partial charge is 0.0635 e. The van der Waals surface area contributed by atoms with Crippen LogP contribution in [-0.4, -0.2) is 36.2 Å². The second kappa shape index (κ2) is 3.25. The van der Waals surface area contributed by atoms with Crippen molar-refractivity contribution in [2.24, 2.45) is 5.92 Å². The summed E-state index contributed by atoms with van der Waals surface area (Å²) in [5.41, 5.74) is 0.0371. The van der Waals surface area contributed by atoms with Gasteiger partial charge in [0.25, 0.3) is 0 Å². The Hall–Kier alpha value is -0.0800. The third-order valence-electron chi connectivity index (χ3n) is 3.07. The molecule has 0 radical (unpaired) electrons. The van der Waals surface area contributed by atoms with Crippen molar-refractivity contribution in [2.75, 3.05) is 19.6 Å². The first kappa shape index (κ1) is 9.47. The Morgan fingerprint density at radius 1 is 1.15 bits per heavy atom. The second-order valence-electron chi connectivity index (χ2n) is 5.41. The van der Waals surface area contributed by atoms with E-state index in [9.17, 15) is 0 Å². The fourth-order valence-corrected chi connectivity index (χ4v) is 2.52. The highest BCUT2D eigenvalue weighted by molar-refractivity contribution is 4.88. The van der Waals surface area contributed by atoms with Gasteiger partial charge in [-0.15, -0.1) is 0 Å². The van der Waals surface area contributed by atoms with Gasteiger partial charge in [0.2, 0.25) is 0 Å². The zero-order valence-corrected chi connectivity index (χ0v) is 9.05.